The van der Waals surface area contributed by atoms with Gasteiger partial charge in [0.1, 0.15) is 5.75 Å². The van der Waals surface area contributed by atoms with Crippen molar-refractivity contribution in [3.05, 3.63) is 83.9 Å². The predicted molar refractivity (Wildman–Crippen MR) is 109 cm³/mol. The number of hydrogen-bond acceptors (Lipinski definition) is 4. The lowest BCUT2D eigenvalue weighted by molar-refractivity contribution is -0.115. The number of methoxy groups -OCH3 is 2. The number of rotatable bonds is 6. The fraction of sp³-hybridized carbons (Fsp3) is 0.130. The molecule has 0 atom stereocenters. The van der Waals surface area contributed by atoms with Crippen molar-refractivity contribution in [3.8, 4) is 16.9 Å². The highest BCUT2D eigenvalue weighted by atomic mass is 16.5. The molecule has 1 amide bonds. The second-order valence-electron chi connectivity index (χ2n) is 6.19. The van der Waals surface area contributed by atoms with E-state index < -0.39 is 5.97 Å². The van der Waals surface area contributed by atoms with Crippen LogP contribution in [0.25, 0.3) is 11.1 Å². The Hall–Kier alpha value is -3.60. The van der Waals surface area contributed by atoms with Gasteiger partial charge in [0.25, 0.3) is 0 Å². The molecule has 0 saturated carbocycles. The molecule has 0 aliphatic heterocycles. The standard InChI is InChI=1S/C23H21NO4/c1-27-19-10-5-7-16(13-19)14-22(25)24-18-9-6-8-17(15-18)20-11-3-4-12-21(20)23(26)28-2/h3-13,15H,14H2,1-2H3,(H,24,25). The van der Waals surface area contributed by atoms with Crippen molar-refractivity contribution >= 4 is 17.6 Å². The molecule has 0 bridgehead atoms. The number of benzene rings is 3. The Morgan fingerprint density at radius 1 is 0.893 bits per heavy atom. The van der Waals surface area contributed by atoms with Crippen LogP contribution in [0.15, 0.2) is 72.8 Å². The summed E-state index contributed by atoms with van der Waals surface area (Å²) in [5.74, 6) is 0.182. The molecule has 5 heteroatoms. The van der Waals surface area contributed by atoms with Crippen LogP contribution in [0.5, 0.6) is 5.75 Å². The SMILES string of the molecule is COC(=O)c1ccccc1-c1cccc(NC(=O)Cc2cccc(OC)c2)c1. The fourth-order valence-corrected chi connectivity index (χ4v) is 2.96. The molecule has 0 spiro atoms. The van der Waals surface area contributed by atoms with Gasteiger partial charge in [-0.2, -0.15) is 0 Å². The van der Waals surface area contributed by atoms with Crippen molar-refractivity contribution in [2.45, 2.75) is 6.42 Å². The van der Waals surface area contributed by atoms with Gasteiger partial charge in [-0.3, -0.25) is 4.79 Å². The van der Waals surface area contributed by atoms with Gasteiger partial charge < -0.3 is 14.8 Å². The Morgan fingerprint density at radius 3 is 2.46 bits per heavy atom. The molecule has 0 saturated heterocycles. The third-order valence-corrected chi connectivity index (χ3v) is 4.29. The largest absolute Gasteiger partial charge is 0.497 e. The van der Waals surface area contributed by atoms with Crippen LogP contribution in [0.1, 0.15) is 15.9 Å². The van der Waals surface area contributed by atoms with Crippen LogP contribution >= 0.6 is 0 Å². The van der Waals surface area contributed by atoms with Crippen LogP contribution in [-0.2, 0) is 16.0 Å². The van der Waals surface area contributed by atoms with E-state index in [1.165, 1.54) is 7.11 Å². The van der Waals surface area contributed by atoms with Crippen molar-refractivity contribution in [1.29, 1.82) is 0 Å². The Balaban J connectivity index is 1.79. The summed E-state index contributed by atoms with van der Waals surface area (Å²) in [4.78, 5) is 24.4. The average molecular weight is 375 g/mol. The van der Waals surface area contributed by atoms with E-state index in [4.69, 9.17) is 9.47 Å². The lowest BCUT2D eigenvalue weighted by Gasteiger charge is -2.11. The van der Waals surface area contributed by atoms with Crippen molar-refractivity contribution in [1.82, 2.24) is 0 Å². The molecule has 1 N–H and O–H groups in total. The lowest BCUT2D eigenvalue weighted by atomic mass is 9.99. The van der Waals surface area contributed by atoms with Gasteiger partial charge in [-0.05, 0) is 47.0 Å². The third kappa shape index (κ3) is 4.57. The van der Waals surface area contributed by atoms with E-state index in [0.717, 1.165) is 16.7 Å². The number of carbonyl (C=O) groups excluding carboxylic acids is 2. The average Bonchev–Trinajstić information content (AvgIpc) is 2.73. The topological polar surface area (TPSA) is 64.6 Å². The molecule has 0 aromatic heterocycles. The minimum atomic E-state index is -0.400. The Labute approximate surface area is 163 Å². The zero-order valence-electron chi connectivity index (χ0n) is 15.8. The normalized spacial score (nSPS) is 10.2. The van der Waals surface area contributed by atoms with Crippen LogP contribution in [0.3, 0.4) is 0 Å². The van der Waals surface area contributed by atoms with Gasteiger partial charge in [-0.25, -0.2) is 4.79 Å². The number of amides is 1. The Kier molecular flexibility index (Phi) is 6.07. The maximum atomic E-state index is 12.4. The molecular weight excluding hydrogens is 354 g/mol. The highest BCUT2D eigenvalue weighted by Gasteiger charge is 2.13. The van der Waals surface area contributed by atoms with Crippen LogP contribution in [-0.4, -0.2) is 26.1 Å². The Bertz CT molecular complexity index is 997. The maximum absolute atomic E-state index is 12.4. The number of carbonyl (C=O) groups is 2. The molecule has 5 nitrogen and oxygen atoms in total. The van der Waals surface area contributed by atoms with Gasteiger partial charge in [-0.1, -0.05) is 42.5 Å². The quantitative estimate of drug-likeness (QED) is 0.652. The van der Waals surface area contributed by atoms with Crippen molar-refractivity contribution < 1.29 is 19.1 Å². The molecule has 0 fully saturated rings. The summed E-state index contributed by atoms with van der Waals surface area (Å²) in [6.45, 7) is 0. The van der Waals surface area contributed by atoms with Crippen LogP contribution in [0, 0.1) is 0 Å². The first-order valence-electron chi connectivity index (χ1n) is 8.81. The predicted octanol–water partition coefficient (Wildman–Crippen LogP) is 4.33. The van der Waals surface area contributed by atoms with Gasteiger partial charge in [0, 0.05) is 5.69 Å². The number of nitrogens with one attached hydrogen (secondary N) is 1. The minimum absolute atomic E-state index is 0.133. The van der Waals surface area contributed by atoms with E-state index in [9.17, 15) is 9.59 Å². The fourth-order valence-electron chi connectivity index (χ4n) is 2.96. The van der Waals surface area contributed by atoms with E-state index in [0.29, 0.717) is 17.0 Å². The van der Waals surface area contributed by atoms with E-state index in [-0.39, 0.29) is 12.3 Å². The number of ether oxygens (including phenoxy) is 2. The second-order valence-corrected chi connectivity index (χ2v) is 6.19. The number of esters is 1. The molecule has 0 heterocycles. The van der Waals surface area contributed by atoms with Gasteiger partial charge >= 0.3 is 5.97 Å². The van der Waals surface area contributed by atoms with Crippen molar-refractivity contribution in [3.63, 3.8) is 0 Å². The zero-order valence-corrected chi connectivity index (χ0v) is 15.8. The summed E-state index contributed by atoms with van der Waals surface area (Å²) in [5.41, 5.74) is 3.57. The van der Waals surface area contributed by atoms with E-state index in [1.807, 2.05) is 60.7 Å². The summed E-state index contributed by atoms with van der Waals surface area (Å²) < 4.78 is 10.0. The molecular formula is C23H21NO4. The second kappa shape index (κ2) is 8.86. The van der Waals surface area contributed by atoms with E-state index >= 15 is 0 Å². The zero-order chi connectivity index (χ0) is 19.9. The molecule has 3 rings (SSSR count). The smallest absolute Gasteiger partial charge is 0.338 e. The Morgan fingerprint density at radius 2 is 1.68 bits per heavy atom. The summed E-state index contributed by atoms with van der Waals surface area (Å²) in [7, 11) is 2.95. The lowest BCUT2D eigenvalue weighted by Crippen LogP contribution is -2.14. The minimum Gasteiger partial charge on any atom is -0.497 e. The van der Waals surface area contributed by atoms with Gasteiger partial charge in [0.2, 0.25) is 5.91 Å². The van der Waals surface area contributed by atoms with Crippen molar-refractivity contribution in [2.75, 3.05) is 19.5 Å². The summed E-state index contributed by atoms with van der Waals surface area (Å²) in [5, 5.41) is 2.90. The highest BCUT2D eigenvalue weighted by molar-refractivity contribution is 5.98. The van der Waals surface area contributed by atoms with Crippen LogP contribution in [0.4, 0.5) is 5.69 Å². The molecule has 0 radical (unpaired) electrons. The summed E-state index contributed by atoms with van der Waals surface area (Å²) in [6, 6.07) is 22.0. The van der Waals surface area contributed by atoms with Gasteiger partial charge in [-0.15, -0.1) is 0 Å². The molecule has 28 heavy (non-hydrogen) atoms. The molecule has 0 aliphatic carbocycles. The first kappa shape index (κ1) is 19.2. The van der Waals surface area contributed by atoms with Crippen LogP contribution < -0.4 is 10.1 Å². The molecule has 0 unspecified atom stereocenters. The van der Waals surface area contributed by atoms with E-state index in [1.54, 1.807) is 19.2 Å². The van der Waals surface area contributed by atoms with Crippen LogP contribution in [0.2, 0.25) is 0 Å². The number of anilines is 1. The number of hydrogen-bond donors (Lipinski definition) is 1. The first-order valence-corrected chi connectivity index (χ1v) is 8.81. The molecule has 3 aromatic rings. The monoisotopic (exact) mass is 375 g/mol. The molecule has 142 valence electrons. The third-order valence-electron chi connectivity index (χ3n) is 4.29. The highest BCUT2D eigenvalue weighted by Crippen LogP contribution is 2.27. The maximum Gasteiger partial charge on any atom is 0.338 e. The summed E-state index contributed by atoms with van der Waals surface area (Å²) in [6.07, 6.45) is 0.236. The summed E-state index contributed by atoms with van der Waals surface area (Å²) >= 11 is 0. The van der Waals surface area contributed by atoms with E-state index in [2.05, 4.69) is 5.32 Å². The molecule has 3 aromatic carbocycles. The molecule has 0 aliphatic rings. The van der Waals surface area contributed by atoms with Crippen molar-refractivity contribution in [2.24, 2.45) is 0 Å². The first-order chi connectivity index (χ1) is 13.6. The van der Waals surface area contributed by atoms with Gasteiger partial charge in [0.05, 0.1) is 26.2 Å². The van der Waals surface area contributed by atoms with Gasteiger partial charge in [0.15, 0.2) is 0 Å².